The molecule has 0 saturated heterocycles. The molecule has 0 fully saturated rings. The molecule has 17 heavy (non-hydrogen) atoms. The van der Waals surface area contributed by atoms with Crippen LogP contribution in [0.2, 0.25) is 0 Å². The standard InChI is InChI=1S/C13H12N4/c1-9-8-12(14)16-17(9)11-6-2-4-10-5-3-7-15-13(10)11/h2-8H,1H3,(H2,14,16). The van der Waals surface area contributed by atoms with Crippen molar-refractivity contribution in [3.05, 3.63) is 48.3 Å². The fraction of sp³-hybridized carbons (Fsp3) is 0.0769. The predicted octanol–water partition coefficient (Wildman–Crippen LogP) is 2.31. The minimum atomic E-state index is 0.524. The summed E-state index contributed by atoms with van der Waals surface area (Å²) in [4.78, 5) is 4.41. The molecular weight excluding hydrogens is 212 g/mol. The molecule has 0 unspecified atom stereocenters. The molecule has 84 valence electrons. The summed E-state index contributed by atoms with van der Waals surface area (Å²) >= 11 is 0. The van der Waals surface area contributed by atoms with Crippen molar-refractivity contribution in [1.29, 1.82) is 0 Å². The van der Waals surface area contributed by atoms with E-state index in [-0.39, 0.29) is 0 Å². The first-order valence-electron chi connectivity index (χ1n) is 5.42. The number of fused-ring (bicyclic) bond motifs is 1. The molecule has 0 atom stereocenters. The number of hydrogen-bond donors (Lipinski definition) is 1. The molecule has 4 heteroatoms. The zero-order valence-electron chi connectivity index (χ0n) is 9.46. The Bertz CT molecular complexity index is 679. The summed E-state index contributed by atoms with van der Waals surface area (Å²) < 4.78 is 1.82. The van der Waals surface area contributed by atoms with E-state index >= 15 is 0 Å². The average Bonchev–Trinajstić information content (AvgIpc) is 2.68. The molecule has 0 aliphatic carbocycles. The second-order valence-electron chi connectivity index (χ2n) is 3.97. The number of aromatic nitrogens is 3. The van der Waals surface area contributed by atoms with Gasteiger partial charge in [0.2, 0.25) is 0 Å². The fourth-order valence-corrected chi connectivity index (χ4v) is 2.00. The van der Waals surface area contributed by atoms with Crippen LogP contribution in [-0.2, 0) is 0 Å². The van der Waals surface area contributed by atoms with E-state index in [2.05, 4.69) is 10.1 Å². The Morgan fingerprint density at radius 2 is 2.00 bits per heavy atom. The number of anilines is 1. The Hall–Kier alpha value is -2.36. The Morgan fingerprint density at radius 3 is 2.76 bits per heavy atom. The highest BCUT2D eigenvalue weighted by Gasteiger charge is 2.08. The maximum Gasteiger partial charge on any atom is 0.146 e. The number of nitrogens with zero attached hydrogens (tertiary/aromatic N) is 3. The van der Waals surface area contributed by atoms with Crippen molar-refractivity contribution in [3.8, 4) is 5.69 Å². The van der Waals surface area contributed by atoms with Gasteiger partial charge in [-0.15, -0.1) is 0 Å². The van der Waals surface area contributed by atoms with E-state index in [1.165, 1.54) is 0 Å². The monoisotopic (exact) mass is 224 g/mol. The van der Waals surface area contributed by atoms with Crippen LogP contribution in [0.5, 0.6) is 0 Å². The third-order valence-electron chi connectivity index (χ3n) is 2.75. The Labute approximate surface area is 98.7 Å². The molecule has 2 aromatic heterocycles. The number of hydrogen-bond acceptors (Lipinski definition) is 3. The maximum absolute atomic E-state index is 5.71. The molecule has 0 bridgehead atoms. The summed E-state index contributed by atoms with van der Waals surface area (Å²) in [6, 6.07) is 11.8. The van der Waals surface area contributed by atoms with Gasteiger partial charge in [-0.3, -0.25) is 4.98 Å². The first kappa shape index (κ1) is 9.84. The van der Waals surface area contributed by atoms with Gasteiger partial charge in [-0.25, -0.2) is 4.68 Å². The molecule has 0 saturated carbocycles. The van der Waals surface area contributed by atoms with Crippen molar-refractivity contribution < 1.29 is 0 Å². The van der Waals surface area contributed by atoms with Gasteiger partial charge >= 0.3 is 0 Å². The molecule has 2 heterocycles. The summed E-state index contributed by atoms with van der Waals surface area (Å²) in [6.07, 6.45) is 1.79. The predicted molar refractivity (Wildman–Crippen MR) is 68.0 cm³/mol. The normalized spacial score (nSPS) is 10.9. The van der Waals surface area contributed by atoms with Crippen LogP contribution in [0.1, 0.15) is 5.69 Å². The molecule has 0 amide bonds. The van der Waals surface area contributed by atoms with Gasteiger partial charge in [-0.1, -0.05) is 18.2 Å². The highest BCUT2D eigenvalue weighted by molar-refractivity contribution is 5.86. The number of benzene rings is 1. The topological polar surface area (TPSA) is 56.7 Å². The van der Waals surface area contributed by atoms with Crippen molar-refractivity contribution in [2.75, 3.05) is 5.73 Å². The van der Waals surface area contributed by atoms with Crippen LogP contribution in [0.4, 0.5) is 5.82 Å². The zero-order chi connectivity index (χ0) is 11.8. The number of nitrogens with two attached hydrogens (primary N) is 1. The van der Waals surface area contributed by atoms with Crippen LogP contribution in [0.3, 0.4) is 0 Å². The Kier molecular flexibility index (Phi) is 2.08. The van der Waals surface area contributed by atoms with Crippen LogP contribution in [0, 0.1) is 6.92 Å². The number of para-hydroxylation sites is 1. The van der Waals surface area contributed by atoms with Crippen LogP contribution in [0.15, 0.2) is 42.6 Å². The van der Waals surface area contributed by atoms with Gasteiger partial charge in [0.1, 0.15) is 5.82 Å². The molecule has 3 aromatic rings. The lowest BCUT2D eigenvalue weighted by molar-refractivity contribution is 0.855. The molecule has 3 rings (SSSR count). The van der Waals surface area contributed by atoms with Crippen molar-refractivity contribution in [2.24, 2.45) is 0 Å². The van der Waals surface area contributed by atoms with Crippen molar-refractivity contribution >= 4 is 16.7 Å². The summed E-state index contributed by atoms with van der Waals surface area (Å²) in [6.45, 7) is 1.98. The quantitative estimate of drug-likeness (QED) is 0.690. The second kappa shape index (κ2) is 3.59. The van der Waals surface area contributed by atoms with E-state index in [1.807, 2.05) is 48.0 Å². The summed E-state index contributed by atoms with van der Waals surface area (Å²) in [7, 11) is 0. The lowest BCUT2D eigenvalue weighted by Crippen LogP contribution is -2.01. The van der Waals surface area contributed by atoms with Gasteiger partial charge in [0.05, 0.1) is 11.2 Å². The van der Waals surface area contributed by atoms with Crippen molar-refractivity contribution in [3.63, 3.8) is 0 Å². The third-order valence-corrected chi connectivity index (χ3v) is 2.75. The smallest absolute Gasteiger partial charge is 0.146 e. The number of nitrogen functional groups attached to an aromatic ring is 1. The van der Waals surface area contributed by atoms with Crippen molar-refractivity contribution in [1.82, 2.24) is 14.8 Å². The molecule has 4 nitrogen and oxygen atoms in total. The second-order valence-corrected chi connectivity index (χ2v) is 3.97. The minimum absolute atomic E-state index is 0.524. The fourth-order valence-electron chi connectivity index (χ4n) is 2.00. The SMILES string of the molecule is Cc1cc(N)nn1-c1cccc2cccnc12. The molecule has 0 spiro atoms. The summed E-state index contributed by atoms with van der Waals surface area (Å²) in [5.41, 5.74) is 8.60. The molecule has 0 aliphatic rings. The third kappa shape index (κ3) is 1.54. The van der Waals surface area contributed by atoms with Crippen LogP contribution >= 0.6 is 0 Å². The zero-order valence-corrected chi connectivity index (χ0v) is 9.46. The average molecular weight is 224 g/mol. The number of aryl methyl sites for hydroxylation is 1. The number of pyridine rings is 1. The first-order chi connectivity index (χ1) is 8.25. The van der Waals surface area contributed by atoms with Gasteiger partial charge in [0, 0.05) is 23.3 Å². The van der Waals surface area contributed by atoms with Gasteiger partial charge < -0.3 is 5.73 Å². The highest BCUT2D eigenvalue weighted by atomic mass is 15.3. The largest absolute Gasteiger partial charge is 0.382 e. The summed E-state index contributed by atoms with van der Waals surface area (Å²) in [5, 5.41) is 5.38. The van der Waals surface area contributed by atoms with Crippen molar-refractivity contribution in [2.45, 2.75) is 6.92 Å². The van der Waals surface area contributed by atoms with Gasteiger partial charge in [0.15, 0.2) is 0 Å². The van der Waals surface area contributed by atoms with Gasteiger partial charge in [-0.2, -0.15) is 5.10 Å². The van der Waals surface area contributed by atoms with E-state index in [4.69, 9.17) is 5.73 Å². The summed E-state index contributed by atoms with van der Waals surface area (Å²) in [5.74, 6) is 0.524. The molecular formula is C13H12N4. The van der Waals surface area contributed by atoms with Crippen LogP contribution < -0.4 is 5.73 Å². The lowest BCUT2D eigenvalue weighted by Gasteiger charge is -2.07. The maximum atomic E-state index is 5.71. The van der Waals surface area contributed by atoms with Crippen LogP contribution in [-0.4, -0.2) is 14.8 Å². The van der Waals surface area contributed by atoms with Crippen LogP contribution in [0.25, 0.3) is 16.6 Å². The molecule has 2 N–H and O–H groups in total. The Balaban J connectivity index is 2.34. The molecule has 0 radical (unpaired) electrons. The van der Waals surface area contributed by atoms with Gasteiger partial charge in [-0.05, 0) is 19.1 Å². The number of rotatable bonds is 1. The minimum Gasteiger partial charge on any atom is -0.382 e. The van der Waals surface area contributed by atoms with E-state index in [1.54, 1.807) is 6.20 Å². The highest BCUT2D eigenvalue weighted by Crippen LogP contribution is 2.21. The first-order valence-corrected chi connectivity index (χ1v) is 5.42. The van der Waals surface area contributed by atoms with E-state index in [9.17, 15) is 0 Å². The van der Waals surface area contributed by atoms with E-state index < -0.39 is 0 Å². The van der Waals surface area contributed by atoms with E-state index in [0.29, 0.717) is 5.82 Å². The molecule has 0 aliphatic heterocycles. The Morgan fingerprint density at radius 1 is 1.18 bits per heavy atom. The van der Waals surface area contributed by atoms with Gasteiger partial charge in [0.25, 0.3) is 0 Å². The molecule has 1 aromatic carbocycles. The van der Waals surface area contributed by atoms with E-state index in [0.717, 1.165) is 22.3 Å². The lowest BCUT2D eigenvalue weighted by atomic mass is 10.2.